The molecule has 6 nitrogen and oxygen atoms in total. The molecule has 0 aliphatic rings. The number of aliphatic carboxylic acids is 1. The molecule has 6 heteroatoms. The van der Waals surface area contributed by atoms with Crippen LogP contribution in [-0.2, 0) is 17.6 Å². The molecule has 1 N–H and O–H groups in total. The third-order valence-corrected chi connectivity index (χ3v) is 3.64. The minimum Gasteiger partial charge on any atom is -0.493 e. The highest BCUT2D eigenvalue weighted by atomic mass is 16.5. The molecule has 0 bridgehead atoms. The first-order valence-electron chi connectivity index (χ1n) is 7.93. The minimum atomic E-state index is -0.863. The third kappa shape index (κ3) is 4.44. The lowest BCUT2D eigenvalue weighted by atomic mass is 10.1. The second-order valence-electron chi connectivity index (χ2n) is 5.55. The maximum Gasteiger partial charge on any atom is 0.307 e. The van der Waals surface area contributed by atoms with Crippen LogP contribution in [0.3, 0.4) is 0 Å². The van der Waals surface area contributed by atoms with Gasteiger partial charge in [-0.3, -0.25) is 9.78 Å². The van der Waals surface area contributed by atoms with Crippen LogP contribution in [0.15, 0.2) is 53.1 Å². The summed E-state index contributed by atoms with van der Waals surface area (Å²) in [6.07, 6.45) is 2.26. The molecule has 1 aromatic carbocycles. The van der Waals surface area contributed by atoms with E-state index in [1.54, 1.807) is 30.5 Å². The maximum atomic E-state index is 10.8. The molecule has 0 atom stereocenters. The number of nitrogens with zero attached hydrogens (tertiary/aromatic N) is 2. The van der Waals surface area contributed by atoms with Gasteiger partial charge in [-0.25, -0.2) is 4.98 Å². The predicted molar refractivity (Wildman–Crippen MR) is 91.5 cm³/mol. The zero-order valence-corrected chi connectivity index (χ0v) is 13.8. The fourth-order valence-corrected chi connectivity index (χ4v) is 2.44. The van der Waals surface area contributed by atoms with Gasteiger partial charge in [-0.1, -0.05) is 18.2 Å². The van der Waals surface area contributed by atoms with Crippen molar-refractivity contribution < 1.29 is 19.1 Å². The summed E-state index contributed by atoms with van der Waals surface area (Å²) in [5.74, 6) is 1.02. The predicted octanol–water partition coefficient (Wildman–Crippen LogP) is 3.29. The Morgan fingerprint density at radius 3 is 2.88 bits per heavy atom. The number of pyridine rings is 1. The van der Waals surface area contributed by atoms with Gasteiger partial charge in [0.15, 0.2) is 0 Å². The Morgan fingerprint density at radius 1 is 1.24 bits per heavy atom. The first kappa shape index (κ1) is 16.7. The van der Waals surface area contributed by atoms with E-state index in [0.29, 0.717) is 35.9 Å². The van der Waals surface area contributed by atoms with Crippen LogP contribution in [0.25, 0.3) is 11.6 Å². The number of hydrogen-bond donors (Lipinski definition) is 1. The molecule has 2 aromatic heterocycles. The van der Waals surface area contributed by atoms with Crippen LogP contribution in [0.4, 0.5) is 0 Å². The van der Waals surface area contributed by atoms with Crippen molar-refractivity contribution in [1.29, 1.82) is 0 Å². The van der Waals surface area contributed by atoms with Crippen molar-refractivity contribution in [3.63, 3.8) is 0 Å². The number of aromatic nitrogens is 2. The second kappa shape index (κ2) is 7.61. The summed E-state index contributed by atoms with van der Waals surface area (Å²) in [5, 5.41) is 8.84. The molecule has 0 saturated carbocycles. The van der Waals surface area contributed by atoms with Crippen LogP contribution in [-0.4, -0.2) is 27.7 Å². The van der Waals surface area contributed by atoms with Gasteiger partial charge in [0.2, 0.25) is 5.89 Å². The summed E-state index contributed by atoms with van der Waals surface area (Å²) in [7, 11) is 0. The molecule has 0 amide bonds. The van der Waals surface area contributed by atoms with Crippen LogP contribution >= 0.6 is 0 Å². The van der Waals surface area contributed by atoms with E-state index < -0.39 is 5.97 Å². The molecule has 0 spiro atoms. The van der Waals surface area contributed by atoms with Crippen LogP contribution in [0.5, 0.6) is 5.75 Å². The van der Waals surface area contributed by atoms with Crippen LogP contribution < -0.4 is 4.74 Å². The molecule has 0 saturated heterocycles. The van der Waals surface area contributed by atoms with E-state index in [9.17, 15) is 4.79 Å². The summed E-state index contributed by atoms with van der Waals surface area (Å²) in [6, 6.07) is 12.7. The van der Waals surface area contributed by atoms with E-state index in [4.69, 9.17) is 14.3 Å². The zero-order valence-electron chi connectivity index (χ0n) is 13.8. The molecule has 3 aromatic rings. The van der Waals surface area contributed by atoms with Crippen molar-refractivity contribution in [3.8, 4) is 17.3 Å². The molecule has 0 fully saturated rings. The van der Waals surface area contributed by atoms with Crippen molar-refractivity contribution in [3.05, 3.63) is 65.7 Å². The van der Waals surface area contributed by atoms with E-state index in [0.717, 1.165) is 11.5 Å². The van der Waals surface area contributed by atoms with Gasteiger partial charge in [0.25, 0.3) is 0 Å². The Balaban J connectivity index is 1.61. The number of carboxylic acid groups (broad SMARTS) is 1. The molecule has 3 rings (SSSR count). The largest absolute Gasteiger partial charge is 0.493 e. The van der Waals surface area contributed by atoms with E-state index in [2.05, 4.69) is 9.97 Å². The van der Waals surface area contributed by atoms with Gasteiger partial charge in [-0.2, -0.15) is 0 Å². The van der Waals surface area contributed by atoms with Crippen molar-refractivity contribution in [2.24, 2.45) is 0 Å². The fraction of sp³-hybridized carbons (Fsp3) is 0.211. The number of aryl methyl sites for hydroxylation is 1. The third-order valence-electron chi connectivity index (χ3n) is 3.64. The molecular formula is C19H18N2O4. The van der Waals surface area contributed by atoms with Crippen molar-refractivity contribution in [1.82, 2.24) is 9.97 Å². The summed E-state index contributed by atoms with van der Waals surface area (Å²) < 4.78 is 11.4. The average molecular weight is 338 g/mol. The van der Waals surface area contributed by atoms with Crippen molar-refractivity contribution in [2.75, 3.05) is 6.61 Å². The molecule has 2 heterocycles. The molecule has 25 heavy (non-hydrogen) atoms. The number of benzene rings is 1. The number of hydrogen-bond acceptors (Lipinski definition) is 5. The van der Waals surface area contributed by atoms with Gasteiger partial charge in [0.1, 0.15) is 17.2 Å². The van der Waals surface area contributed by atoms with E-state index >= 15 is 0 Å². The SMILES string of the molecule is Cc1oc(-c2ccccn2)nc1CCOc1cccc(CC(=O)O)c1. The minimum absolute atomic E-state index is 0.0208. The molecule has 0 aliphatic carbocycles. The zero-order chi connectivity index (χ0) is 17.6. The van der Waals surface area contributed by atoms with Crippen LogP contribution in [0, 0.1) is 6.92 Å². The first-order valence-corrected chi connectivity index (χ1v) is 7.93. The van der Waals surface area contributed by atoms with Crippen LogP contribution in [0.1, 0.15) is 17.0 Å². The molecule has 0 aliphatic heterocycles. The fourth-order valence-electron chi connectivity index (χ4n) is 2.44. The van der Waals surface area contributed by atoms with Crippen molar-refractivity contribution >= 4 is 5.97 Å². The highest BCUT2D eigenvalue weighted by molar-refractivity contribution is 5.70. The first-order chi connectivity index (χ1) is 12.1. The topological polar surface area (TPSA) is 85.5 Å². The summed E-state index contributed by atoms with van der Waals surface area (Å²) >= 11 is 0. The van der Waals surface area contributed by atoms with Gasteiger partial charge in [-0.15, -0.1) is 0 Å². The summed E-state index contributed by atoms with van der Waals surface area (Å²) in [6.45, 7) is 2.29. The number of ether oxygens (including phenoxy) is 1. The Labute approximate surface area is 145 Å². The van der Waals surface area contributed by atoms with Crippen LogP contribution in [0.2, 0.25) is 0 Å². The van der Waals surface area contributed by atoms with E-state index in [-0.39, 0.29) is 6.42 Å². The molecular weight excluding hydrogens is 320 g/mol. The lowest BCUT2D eigenvalue weighted by Crippen LogP contribution is -2.04. The lowest BCUT2D eigenvalue weighted by Gasteiger charge is -2.06. The molecule has 0 unspecified atom stereocenters. The molecule has 0 radical (unpaired) electrons. The van der Waals surface area contributed by atoms with E-state index in [1.807, 2.05) is 25.1 Å². The number of carboxylic acids is 1. The number of rotatable bonds is 7. The van der Waals surface area contributed by atoms with Crippen molar-refractivity contribution in [2.45, 2.75) is 19.8 Å². The Morgan fingerprint density at radius 2 is 2.12 bits per heavy atom. The summed E-state index contributed by atoms with van der Waals surface area (Å²) in [4.78, 5) is 19.5. The smallest absolute Gasteiger partial charge is 0.307 e. The highest BCUT2D eigenvalue weighted by Crippen LogP contribution is 2.20. The van der Waals surface area contributed by atoms with E-state index in [1.165, 1.54) is 0 Å². The van der Waals surface area contributed by atoms with Gasteiger partial charge in [0.05, 0.1) is 18.7 Å². The highest BCUT2D eigenvalue weighted by Gasteiger charge is 2.12. The quantitative estimate of drug-likeness (QED) is 0.711. The van der Waals surface area contributed by atoms with Gasteiger partial charge in [0, 0.05) is 12.6 Å². The Hall–Kier alpha value is -3.15. The monoisotopic (exact) mass is 338 g/mol. The second-order valence-corrected chi connectivity index (χ2v) is 5.55. The Kier molecular flexibility index (Phi) is 5.09. The maximum absolute atomic E-state index is 10.8. The average Bonchev–Trinajstić information content (AvgIpc) is 2.96. The summed E-state index contributed by atoms with van der Waals surface area (Å²) in [5.41, 5.74) is 2.22. The lowest BCUT2D eigenvalue weighted by molar-refractivity contribution is -0.136. The normalized spacial score (nSPS) is 10.6. The van der Waals surface area contributed by atoms with Gasteiger partial charge < -0.3 is 14.3 Å². The van der Waals surface area contributed by atoms with Gasteiger partial charge >= 0.3 is 5.97 Å². The van der Waals surface area contributed by atoms with Gasteiger partial charge in [-0.05, 0) is 36.8 Å². The number of carbonyl (C=O) groups is 1. The number of oxazole rings is 1. The Bertz CT molecular complexity index is 859. The molecule has 128 valence electrons. The standard InChI is InChI=1S/C19H18N2O4/c1-13-16(21-19(25-13)17-7-2-3-9-20-17)8-10-24-15-6-4-5-14(11-15)12-18(22)23/h2-7,9,11H,8,10,12H2,1H3,(H,22,23).